The predicted octanol–water partition coefficient (Wildman–Crippen LogP) is 2.92. The van der Waals surface area contributed by atoms with Crippen molar-refractivity contribution in [3.8, 4) is 0 Å². The summed E-state index contributed by atoms with van der Waals surface area (Å²) >= 11 is 0. The summed E-state index contributed by atoms with van der Waals surface area (Å²) in [5.41, 5.74) is 4.89. The van der Waals surface area contributed by atoms with Crippen LogP contribution in [0.15, 0.2) is 42.6 Å². The Hall–Kier alpha value is -1.83. The number of aromatic nitrogens is 1. The smallest absolute Gasteiger partial charge is 0.0641 e. The van der Waals surface area contributed by atoms with Gasteiger partial charge in [-0.05, 0) is 36.6 Å². The molecule has 2 nitrogen and oxygen atoms in total. The Morgan fingerprint density at radius 2 is 1.80 bits per heavy atom. The minimum atomic E-state index is 1.01. The van der Waals surface area contributed by atoms with Crippen molar-refractivity contribution in [3.05, 3.63) is 53.9 Å². The maximum Gasteiger partial charge on any atom is 0.0641 e. The van der Waals surface area contributed by atoms with E-state index in [1.807, 2.05) is 12.3 Å². The maximum absolute atomic E-state index is 4.40. The number of nitrogens with zero attached hydrogens (tertiary/aromatic N) is 1. The fraction of sp³-hybridized carbons (Fsp3) is 0.154. The van der Waals surface area contributed by atoms with E-state index in [0.29, 0.717) is 0 Å². The molecule has 2 aromatic rings. The van der Waals surface area contributed by atoms with Crippen molar-refractivity contribution < 1.29 is 0 Å². The van der Waals surface area contributed by atoms with Gasteiger partial charge in [0.2, 0.25) is 0 Å². The van der Waals surface area contributed by atoms with Crippen molar-refractivity contribution in [2.45, 2.75) is 12.8 Å². The van der Waals surface area contributed by atoms with Crippen molar-refractivity contribution in [1.82, 2.24) is 4.98 Å². The second-order valence-corrected chi connectivity index (χ2v) is 3.78. The van der Waals surface area contributed by atoms with Gasteiger partial charge in [-0.25, -0.2) is 0 Å². The molecular formula is C13H12N2. The molecule has 0 saturated heterocycles. The molecule has 0 atom stereocenters. The zero-order valence-electron chi connectivity index (χ0n) is 8.40. The summed E-state index contributed by atoms with van der Waals surface area (Å²) in [7, 11) is 0. The van der Waals surface area contributed by atoms with Crippen LogP contribution < -0.4 is 5.32 Å². The lowest BCUT2D eigenvalue weighted by Gasteiger charge is -2.07. The molecule has 0 aliphatic carbocycles. The number of pyridine rings is 1. The second-order valence-electron chi connectivity index (χ2n) is 3.78. The highest BCUT2D eigenvalue weighted by Crippen LogP contribution is 2.27. The van der Waals surface area contributed by atoms with Crippen LogP contribution in [0.25, 0.3) is 0 Å². The lowest BCUT2D eigenvalue weighted by Crippen LogP contribution is -1.94. The third-order valence-electron chi connectivity index (χ3n) is 2.81. The second kappa shape index (κ2) is 3.39. The highest BCUT2D eigenvalue weighted by atomic mass is 14.9. The summed E-state index contributed by atoms with van der Waals surface area (Å²) in [6.45, 7) is 0. The number of hydrogen-bond acceptors (Lipinski definition) is 2. The van der Waals surface area contributed by atoms with E-state index in [4.69, 9.17) is 0 Å². The van der Waals surface area contributed by atoms with Gasteiger partial charge in [0.1, 0.15) is 0 Å². The molecule has 0 amide bonds. The van der Waals surface area contributed by atoms with Gasteiger partial charge in [0, 0.05) is 11.9 Å². The first kappa shape index (κ1) is 8.48. The molecule has 0 saturated carbocycles. The molecule has 0 bridgehead atoms. The van der Waals surface area contributed by atoms with E-state index in [0.717, 1.165) is 24.2 Å². The predicted molar refractivity (Wildman–Crippen MR) is 61.4 cm³/mol. The maximum atomic E-state index is 4.40. The Kier molecular flexibility index (Phi) is 1.91. The summed E-state index contributed by atoms with van der Waals surface area (Å²) in [6.07, 6.45) is 3.93. The van der Waals surface area contributed by atoms with Crippen LogP contribution in [-0.2, 0) is 12.8 Å². The molecule has 0 unspecified atom stereocenters. The summed E-state index contributed by atoms with van der Waals surface area (Å²) in [5, 5.41) is 3.44. The third kappa shape index (κ3) is 1.48. The molecule has 0 fully saturated rings. The minimum Gasteiger partial charge on any atom is -0.354 e. The number of rotatable bonds is 0. The number of fused-ring (bicyclic) bond motifs is 2. The van der Waals surface area contributed by atoms with Gasteiger partial charge in [-0.3, -0.25) is 4.98 Å². The first-order valence-corrected chi connectivity index (χ1v) is 5.22. The van der Waals surface area contributed by atoms with E-state index in [1.165, 1.54) is 11.3 Å². The molecule has 1 aromatic carbocycles. The Morgan fingerprint density at radius 1 is 0.933 bits per heavy atom. The van der Waals surface area contributed by atoms with Crippen LogP contribution in [-0.4, -0.2) is 4.98 Å². The van der Waals surface area contributed by atoms with E-state index < -0.39 is 0 Å². The van der Waals surface area contributed by atoms with Crippen LogP contribution in [0.3, 0.4) is 0 Å². The van der Waals surface area contributed by atoms with Gasteiger partial charge in [0.15, 0.2) is 0 Å². The van der Waals surface area contributed by atoms with Gasteiger partial charge < -0.3 is 5.32 Å². The highest BCUT2D eigenvalue weighted by molar-refractivity contribution is 5.66. The summed E-state index contributed by atoms with van der Waals surface area (Å²) in [4.78, 5) is 4.40. The fourth-order valence-electron chi connectivity index (χ4n) is 2.01. The number of hydrogen-bond donors (Lipinski definition) is 1. The van der Waals surface area contributed by atoms with Gasteiger partial charge in [-0.15, -0.1) is 0 Å². The Morgan fingerprint density at radius 3 is 2.80 bits per heavy atom. The summed E-state index contributed by atoms with van der Waals surface area (Å²) in [5.74, 6) is 0. The van der Waals surface area contributed by atoms with Gasteiger partial charge in [-0.1, -0.05) is 18.2 Å². The normalized spacial score (nSPS) is 13.3. The number of aryl methyl sites for hydroxylation is 2. The lowest BCUT2D eigenvalue weighted by atomic mass is 10.1. The van der Waals surface area contributed by atoms with Crippen LogP contribution in [0.5, 0.6) is 0 Å². The van der Waals surface area contributed by atoms with Crippen LogP contribution >= 0.6 is 0 Å². The van der Waals surface area contributed by atoms with Crippen LogP contribution in [0.2, 0.25) is 0 Å². The van der Waals surface area contributed by atoms with E-state index in [9.17, 15) is 0 Å². The highest BCUT2D eigenvalue weighted by Gasteiger charge is 2.11. The molecule has 0 spiro atoms. The van der Waals surface area contributed by atoms with Crippen LogP contribution in [0.4, 0.5) is 11.4 Å². The Bertz CT molecular complexity index is 446. The zero-order chi connectivity index (χ0) is 10.1. The average Bonchev–Trinajstić information content (AvgIpc) is 2.48. The largest absolute Gasteiger partial charge is 0.354 e. The van der Waals surface area contributed by atoms with Crippen LogP contribution in [0, 0.1) is 0 Å². The van der Waals surface area contributed by atoms with E-state index in [-0.39, 0.29) is 0 Å². The Balaban J connectivity index is 2.10. The molecule has 1 aliphatic heterocycles. The van der Waals surface area contributed by atoms with E-state index in [2.05, 4.69) is 40.6 Å². The quantitative estimate of drug-likeness (QED) is 0.700. The number of para-hydroxylation sites is 1. The zero-order valence-corrected chi connectivity index (χ0v) is 8.40. The summed E-state index contributed by atoms with van der Waals surface area (Å²) < 4.78 is 0. The topological polar surface area (TPSA) is 24.9 Å². The molecule has 1 aliphatic rings. The van der Waals surface area contributed by atoms with Crippen molar-refractivity contribution in [2.75, 3.05) is 5.32 Å². The molecule has 74 valence electrons. The monoisotopic (exact) mass is 196 g/mol. The average molecular weight is 196 g/mol. The lowest BCUT2D eigenvalue weighted by molar-refractivity contribution is 0.931. The van der Waals surface area contributed by atoms with E-state index in [1.54, 1.807) is 0 Å². The molecule has 2 heterocycles. The summed E-state index contributed by atoms with van der Waals surface area (Å²) in [6, 6.07) is 12.5. The fourth-order valence-corrected chi connectivity index (χ4v) is 2.01. The molecule has 0 radical (unpaired) electrons. The first-order chi connectivity index (χ1) is 7.43. The van der Waals surface area contributed by atoms with Crippen molar-refractivity contribution in [3.63, 3.8) is 0 Å². The van der Waals surface area contributed by atoms with Crippen molar-refractivity contribution in [2.24, 2.45) is 0 Å². The van der Waals surface area contributed by atoms with Crippen molar-refractivity contribution >= 4 is 11.4 Å². The first-order valence-electron chi connectivity index (χ1n) is 5.22. The molecule has 1 N–H and O–H groups in total. The minimum absolute atomic E-state index is 1.01. The molecule has 15 heavy (non-hydrogen) atoms. The molecule has 1 aromatic heterocycles. The number of benzene rings is 1. The molecule has 2 heteroatoms. The van der Waals surface area contributed by atoms with Gasteiger partial charge in [-0.2, -0.15) is 0 Å². The van der Waals surface area contributed by atoms with Crippen LogP contribution in [0.1, 0.15) is 11.3 Å². The van der Waals surface area contributed by atoms with Gasteiger partial charge >= 0.3 is 0 Å². The van der Waals surface area contributed by atoms with E-state index >= 15 is 0 Å². The SMILES string of the molecule is c1ccc2c(c1)CCc1ncccc1N2. The third-order valence-corrected chi connectivity index (χ3v) is 2.81. The molecular weight excluding hydrogens is 184 g/mol. The number of nitrogens with one attached hydrogen (secondary N) is 1. The standard InChI is InChI=1S/C13H12N2/c1-2-5-11-10(4-1)7-8-12-13(15-11)6-3-9-14-12/h1-6,9,15H,7-8H2. The number of anilines is 2. The molecule has 3 rings (SSSR count). The van der Waals surface area contributed by atoms with Crippen molar-refractivity contribution in [1.29, 1.82) is 0 Å². The Labute approximate surface area is 89.0 Å². The van der Waals surface area contributed by atoms with Gasteiger partial charge in [0.25, 0.3) is 0 Å². The van der Waals surface area contributed by atoms with Gasteiger partial charge in [0.05, 0.1) is 11.4 Å².